The summed E-state index contributed by atoms with van der Waals surface area (Å²) < 4.78 is 2.79. The summed E-state index contributed by atoms with van der Waals surface area (Å²) in [6.45, 7) is 21.1. The molecule has 2 aliphatic rings. The molecule has 0 bridgehead atoms. The number of carbonyl (C=O) groups is 1. The fourth-order valence-electron chi connectivity index (χ4n) is 7.91. The molecule has 1 aromatic carbocycles. The van der Waals surface area contributed by atoms with Gasteiger partial charge in [-0.1, -0.05) is 71.1 Å². The maximum absolute atomic E-state index is 14.4. The largest absolute Gasteiger partial charge is 0.307 e. The van der Waals surface area contributed by atoms with E-state index in [1.54, 1.807) is 0 Å². The lowest BCUT2D eigenvalue weighted by Crippen LogP contribution is -2.93. The molecule has 3 heterocycles. The molecule has 2 aliphatic heterocycles. The number of rotatable bonds is 4. The zero-order valence-corrected chi connectivity index (χ0v) is 25.9. The lowest BCUT2D eigenvalue weighted by molar-refractivity contribution is -0.122. The molecule has 2 aromatic rings. The Labute approximate surface area is 203 Å². The Morgan fingerprint density at radius 2 is 1.42 bits per heavy atom. The second kappa shape index (κ2) is 7.45. The van der Waals surface area contributed by atoms with Crippen molar-refractivity contribution in [3.63, 3.8) is 0 Å². The predicted molar refractivity (Wildman–Crippen MR) is 152 cm³/mol. The standard InChI is InChI=1S/C25H39N3OSi4/c1-27-22-16-13-19-26-23(22)25(24(27)29)18-17-20-14-11-12-15-21(20)28(25)33(30(2,3)4,31(5,6)7)32(8,9)10/h11-19H,1-10H3/q+1. The van der Waals surface area contributed by atoms with Gasteiger partial charge in [-0.25, -0.2) is 0 Å². The van der Waals surface area contributed by atoms with Crippen molar-refractivity contribution in [3.05, 3.63) is 59.9 Å². The van der Waals surface area contributed by atoms with Crippen molar-refractivity contribution in [2.24, 2.45) is 0 Å². The normalized spacial score (nSPS) is 21.5. The first-order chi connectivity index (χ1) is 15.1. The molecule has 175 valence electrons. The summed E-state index contributed by atoms with van der Waals surface area (Å²) in [5.41, 5.74) is 3.48. The number of amides is 1. The average Bonchev–Trinajstić information content (AvgIpc) is 2.90. The van der Waals surface area contributed by atoms with Crippen molar-refractivity contribution in [2.75, 3.05) is 11.9 Å². The molecule has 0 saturated heterocycles. The van der Waals surface area contributed by atoms with E-state index in [1.807, 2.05) is 24.2 Å². The highest BCUT2D eigenvalue weighted by molar-refractivity contribution is 7.89. The Morgan fingerprint density at radius 3 is 2.00 bits per heavy atom. The van der Waals surface area contributed by atoms with Crippen molar-refractivity contribution in [1.82, 2.24) is 9.55 Å². The second-order valence-electron chi connectivity index (χ2n) is 12.7. The molecule has 8 heteroatoms. The second-order valence-corrected chi connectivity index (χ2v) is 52.6. The van der Waals surface area contributed by atoms with Gasteiger partial charge >= 0.3 is 5.91 Å². The Hall–Kier alpha value is -1.59. The van der Waals surface area contributed by atoms with Crippen molar-refractivity contribution in [1.29, 1.82) is 0 Å². The number of benzene rings is 1. The van der Waals surface area contributed by atoms with E-state index in [0.29, 0.717) is 0 Å². The van der Waals surface area contributed by atoms with E-state index in [9.17, 15) is 4.79 Å². The first kappa shape index (κ1) is 24.5. The van der Waals surface area contributed by atoms with Crippen LogP contribution in [0.15, 0.2) is 48.7 Å². The topological polar surface area (TPSA) is 39.1 Å². The quantitative estimate of drug-likeness (QED) is 0.478. The number of aromatic nitrogens is 1. The van der Waals surface area contributed by atoms with Crippen LogP contribution in [0.1, 0.15) is 11.3 Å². The maximum Gasteiger partial charge on any atom is 0.302 e. The van der Waals surface area contributed by atoms with E-state index >= 15 is 0 Å². The third kappa shape index (κ3) is 3.07. The minimum Gasteiger partial charge on any atom is -0.307 e. The summed E-state index contributed by atoms with van der Waals surface area (Å²) in [6, 6.07) is 12.8. The van der Waals surface area contributed by atoms with Gasteiger partial charge in [-0.15, -0.1) is 0 Å². The summed E-state index contributed by atoms with van der Waals surface area (Å²) >= 11 is 0. The van der Waals surface area contributed by atoms with Crippen LogP contribution < -0.4 is 9.47 Å². The van der Waals surface area contributed by atoms with Gasteiger partial charge in [0.15, 0.2) is 5.69 Å². The van der Waals surface area contributed by atoms with Crippen LogP contribution in [0.4, 0.5) is 11.4 Å². The maximum atomic E-state index is 14.4. The van der Waals surface area contributed by atoms with Crippen LogP contribution in [0.2, 0.25) is 58.9 Å². The summed E-state index contributed by atoms with van der Waals surface area (Å²) in [5, 5.41) is 0. The smallest absolute Gasteiger partial charge is 0.302 e. The Morgan fingerprint density at radius 1 is 0.848 bits per heavy atom. The Balaban J connectivity index is 2.24. The highest BCUT2D eigenvalue weighted by Crippen LogP contribution is 2.54. The summed E-state index contributed by atoms with van der Waals surface area (Å²) in [6.07, 6.45) is 6.24. The van der Waals surface area contributed by atoms with Gasteiger partial charge in [0.1, 0.15) is 28.5 Å². The van der Waals surface area contributed by atoms with Crippen LogP contribution in [0, 0.1) is 0 Å². The molecular weight excluding hydrogens is 471 g/mol. The molecule has 1 radical (unpaired) electrons. The van der Waals surface area contributed by atoms with Gasteiger partial charge in [0, 0.05) is 24.9 Å². The first-order valence-corrected chi connectivity index (χ1v) is 27.4. The van der Waals surface area contributed by atoms with Gasteiger partial charge in [-0.05, 0) is 30.4 Å². The molecule has 1 aromatic heterocycles. The fourth-order valence-corrected chi connectivity index (χ4v) is 108. The van der Waals surface area contributed by atoms with E-state index in [4.69, 9.17) is 4.98 Å². The molecule has 33 heavy (non-hydrogen) atoms. The van der Waals surface area contributed by atoms with Crippen LogP contribution in [0.3, 0.4) is 0 Å². The lowest BCUT2D eigenvalue weighted by Gasteiger charge is -2.57. The van der Waals surface area contributed by atoms with Gasteiger partial charge in [0.25, 0.3) is 12.3 Å². The van der Waals surface area contributed by atoms with Crippen molar-refractivity contribution in [2.45, 2.75) is 64.5 Å². The molecule has 1 unspecified atom stereocenters. The number of hydrogen-bond acceptors (Lipinski definition) is 3. The average molecular weight is 510 g/mol. The fraction of sp³-hybridized carbons (Fsp3) is 0.440. The van der Waals surface area contributed by atoms with Gasteiger partial charge in [-0.2, -0.15) is 4.57 Å². The molecule has 0 aliphatic carbocycles. The van der Waals surface area contributed by atoms with Crippen molar-refractivity contribution >= 4 is 52.9 Å². The summed E-state index contributed by atoms with van der Waals surface area (Å²) in [4.78, 5) is 21.2. The van der Waals surface area contributed by atoms with Crippen LogP contribution in [-0.2, 0) is 10.3 Å². The summed E-state index contributed by atoms with van der Waals surface area (Å²) in [5.74, 6) is 0.147. The Kier molecular flexibility index (Phi) is 5.54. The number of hydrogen-bond donors (Lipinski definition) is 0. The van der Waals surface area contributed by atoms with Gasteiger partial charge < -0.3 is 4.90 Å². The van der Waals surface area contributed by atoms with Gasteiger partial charge in [0.2, 0.25) is 0 Å². The van der Waals surface area contributed by atoms with Crippen molar-refractivity contribution < 1.29 is 4.79 Å². The molecule has 0 fully saturated rings. The van der Waals surface area contributed by atoms with E-state index < -0.39 is 35.1 Å². The SMILES string of the molecule is CN1C(=O)C2(C=Cc3ccccc3[N+]2[Si]([Si](C)(C)C)([Si](C)(C)C)[Si](C)(C)C)c2ncccc21. The highest BCUT2D eigenvalue weighted by Gasteiger charge is 2.80. The lowest BCUT2D eigenvalue weighted by atomic mass is 9.90. The monoisotopic (exact) mass is 509 g/mol. The van der Waals surface area contributed by atoms with Crippen LogP contribution in [0.25, 0.3) is 6.08 Å². The van der Waals surface area contributed by atoms with Gasteiger partial charge in [-0.3, -0.25) is 9.78 Å². The highest BCUT2D eigenvalue weighted by atomic mass is 29.9. The molecular formula is C25H39N3OSi4+. The number of pyridine rings is 1. The van der Waals surface area contributed by atoms with Crippen LogP contribution in [0.5, 0.6) is 0 Å². The third-order valence-electron chi connectivity index (χ3n) is 7.77. The predicted octanol–water partition coefficient (Wildman–Crippen LogP) is 5.95. The first-order valence-electron chi connectivity index (χ1n) is 11.9. The number of anilines is 2. The zero-order valence-electron chi connectivity index (χ0n) is 21.9. The van der Waals surface area contributed by atoms with E-state index in [1.165, 1.54) is 11.3 Å². The molecule has 4 rings (SSSR count). The van der Waals surface area contributed by atoms with Gasteiger partial charge in [0.05, 0.1) is 5.69 Å². The van der Waals surface area contributed by atoms with E-state index in [0.717, 1.165) is 11.4 Å². The number of carbonyl (C=O) groups excluding carboxylic acids is 1. The van der Waals surface area contributed by atoms with E-state index in [-0.39, 0.29) is 5.91 Å². The molecule has 1 amide bonds. The molecule has 1 spiro atoms. The summed E-state index contributed by atoms with van der Waals surface area (Å²) in [7, 11) is -3.40. The molecule has 1 atom stereocenters. The van der Waals surface area contributed by atoms with Crippen LogP contribution >= 0.6 is 0 Å². The number of likely N-dealkylation sites (N-methyl/N-ethyl adjacent to an activating group) is 1. The minimum atomic E-state index is -2.22. The van der Waals surface area contributed by atoms with E-state index in [2.05, 4.69) is 106 Å². The molecule has 0 N–H and O–H groups in total. The molecule has 0 saturated carbocycles. The number of nitrogens with zero attached hydrogens (tertiary/aromatic N) is 3. The van der Waals surface area contributed by atoms with Crippen molar-refractivity contribution in [3.8, 4) is 0 Å². The minimum absolute atomic E-state index is 0.147. The molecule has 4 nitrogen and oxygen atoms in total. The Bertz CT molecular complexity index is 1110. The number of fused-ring (bicyclic) bond motifs is 3. The zero-order chi connectivity index (χ0) is 24.6. The van der Waals surface area contributed by atoms with Crippen LogP contribution in [-0.4, -0.2) is 47.5 Å². The third-order valence-corrected chi connectivity index (χ3v) is 77.6. The number of para-hydroxylation sites is 1.